The number of benzene rings is 1. The number of likely N-dealkylation sites (tertiary alicyclic amines) is 1. The van der Waals surface area contributed by atoms with Gasteiger partial charge in [0.05, 0.1) is 4.90 Å². The smallest absolute Gasteiger partial charge is 0.240 e. The Morgan fingerprint density at radius 2 is 1.90 bits per heavy atom. The lowest BCUT2D eigenvalue weighted by molar-refractivity contribution is 0.220. The first-order valence-electron chi connectivity index (χ1n) is 7.34. The van der Waals surface area contributed by atoms with E-state index in [2.05, 4.69) is 16.7 Å². The van der Waals surface area contributed by atoms with Gasteiger partial charge in [0, 0.05) is 12.2 Å². The third-order valence-electron chi connectivity index (χ3n) is 4.33. The molecule has 5 nitrogen and oxygen atoms in total. The lowest BCUT2D eigenvalue weighted by Gasteiger charge is -2.29. The Balaban J connectivity index is 2.09. The fourth-order valence-corrected chi connectivity index (χ4v) is 4.17. The molecule has 118 valence electrons. The minimum Gasteiger partial charge on any atom is -0.399 e. The largest absolute Gasteiger partial charge is 0.399 e. The van der Waals surface area contributed by atoms with Crippen molar-refractivity contribution < 1.29 is 8.42 Å². The third kappa shape index (κ3) is 3.96. The molecule has 0 spiro atoms. The molecule has 0 unspecified atom stereocenters. The molecule has 1 aromatic carbocycles. The van der Waals surface area contributed by atoms with Crippen molar-refractivity contribution in [1.29, 1.82) is 0 Å². The van der Waals surface area contributed by atoms with Crippen molar-refractivity contribution >= 4 is 15.7 Å². The van der Waals surface area contributed by atoms with Crippen molar-refractivity contribution in [2.75, 3.05) is 32.4 Å². The number of anilines is 1. The van der Waals surface area contributed by atoms with E-state index in [9.17, 15) is 8.42 Å². The first kappa shape index (κ1) is 16.3. The molecule has 0 saturated carbocycles. The molecule has 1 aliphatic rings. The number of hydrogen-bond acceptors (Lipinski definition) is 4. The number of hydrogen-bond donors (Lipinski definition) is 2. The predicted octanol–water partition coefficient (Wildman–Crippen LogP) is 1.51. The molecule has 21 heavy (non-hydrogen) atoms. The Kier molecular flexibility index (Phi) is 4.91. The maximum atomic E-state index is 12.5. The average molecular weight is 311 g/mol. The van der Waals surface area contributed by atoms with E-state index in [0.717, 1.165) is 37.1 Å². The van der Waals surface area contributed by atoms with Crippen LogP contribution in [0.5, 0.6) is 0 Å². The standard InChI is InChI=1S/C15H25N3O2S/c1-11-8-14(16)9-15(12(11)2)21(19,20)17-10-13-4-6-18(3)7-5-13/h8-9,13,17H,4-7,10,16H2,1-3H3. The first-order chi connectivity index (χ1) is 9.79. The molecule has 6 heteroatoms. The van der Waals surface area contributed by atoms with Crippen molar-refractivity contribution in [3.8, 4) is 0 Å². The number of piperidine rings is 1. The summed E-state index contributed by atoms with van der Waals surface area (Å²) in [7, 11) is -1.40. The van der Waals surface area contributed by atoms with E-state index in [-0.39, 0.29) is 0 Å². The van der Waals surface area contributed by atoms with Gasteiger partial charge in [-0.2, -0.15) is 0 Å². The Morgan fingerprint density at radius 3 is 2.52 bits per heavy atom. The maximum absolute atomic E-state index is 12.5. The highest BCUT2D eigenvalue weighted by Gasteiger charge is 2.22. The van der Waals surface area contributed by atoms with Gasteiger partial charge >= 0.3 is 0 Å². The lowest BCUT2D eigenvalue weighted by atomic mass is 9.98. The molecule has 1 saturated heterocycles. The van der Waals surface area contributed by atoms with Crippen LogP contribution < -0.4 is 10.5 Å². The summed E-state index contributed by atoms with van der Waals surface area (Å²) < 4.78 is 27.7. The van der Waals surface area contributed by atoms with Gasteiger partial charge in [-0.15, -0.1) is 0 Å². The van der Waals surface area contributed by atoms with Crippen LogP contribution in [0.15, 0.2) is 17.0 Å². The number of nitrogen functional groups attached to an aromatic ring is 1. The molecule has 1 aliphatic heterocycles. The molecule has 0 atom stereocenters. The van der Waals surface area contributed by atoms with Crippen LogP contribution in [0.4, 0.5) is 5.69 Å². The summed E-state index contributed by atoms with van der Waals surface area (Å²) in [6.45, 7) is 6.26. The first-order valence-corrected chi connectivity index (χ1v) is 8.83. The van der Waals surface area contributed by atoms with Crippen molar-refractivity contribution in [2.24, 2.45) is 5.92 Å². The fourth-order valence-electron chi connectivity index (χ4n) is 2.70. The van der Waals surface area contributed by atoms with Crippen LogP contribution in [-0.4, -0.2) is 40.0 Å². The van der Waals surface area contributed by atoms with E-state index in [1.165, 1.54) is 0 Å². The number of nitrogens with zero attached hydrogens (tertiary/aromatic N) is 1. The van der Waals surface area contributed by atoms with Gasteiger partial charge < -0.3 is 10.6 Å². The normalized spacial score (nSPS) is 18.0. The minimum absolute atomic E-state index is 0.299. The molecule has 1 aromatic rings. The monoisotopic (exact) mass is 311 g/mol. The molecule has 0 aromatic heterocycles. The summed E-state index contributed by atoms with van der Waals surface area (Å²) in [5.74, 6) is 0.415. The van der Waals surface area contributed by atoms with Crippen LogP contribution in [0.3, 0.4) is 0 Å². The van der Waals surface area contributed by atoms with Gasteiger partial charge in [-0.05, 0) is 76.0 Å². The lowest BCUT2D eigenvalue weighted by Crippen LogP contribution is -2.37. The second kappa shape index (κ2) is 6.34. The topological polar surface area (TPSA) is 75.4 Å². The molecule has 0 amide bonds. The maximum Gasteiger partial charge on any atom is 0.240 e. The zero-order valence-corrected chi connectivity index (χ0v) is 13.8. The summed E-state index contributed by atoms with van der Waals surface area (Å²) in [5.41, 5.74) is 7.93. The summed E-state index contributed by atoms with van der Waals surface area (Å²) in [6, 6.07) is 3.34. The molecule has 3 N–H and O–H groups in total. The Bertz CT molecular complexity index is 606. The minimum atomic E-state index is -3.49. The number of aryl methyl sites for hydroxylation is 1. The van der Waals surface area contributed by atoms with E-state index >= 15 is 0 Å². The molecular formula is C15H25N3O2S. The number of nitrogens with two attached hydrogens (primary N) is 1. The van der Waals surface area contributed by atoms with Gasteiger partial charge in [-0.3, -0.25) is 0 Å². The van der Waals surface area contributed by atoms with E-state index < -0.39 is 10.0 Å². The van der Waals surface area contributed by atoms with Crippen LogP contribution in [0.25, 0.3) is 0 Å². The SMILES string of the molecule is Cc1cc(N)cc(S(=O)(=O)NCC2CCN(C)CC2)c1C. The second-order valence-corrected chi connectivity index (χ2v) is 7.79. The van der Waals surface area contributed by atoms with Crippen molar-refractivity contribution in [1.82, 2.24) is 9.62 Å². The van der Waals surface area contributed by atoms with Gasteiger partial charge in [0.2, 0.25) is 10.0 Å². The van der Waals surface area contributed by atoms with Gasteiger partial charge in [0.15, 0.2) is 0 Å². The van der Waals surface area contributed by atoms with E-state index in [1.807, 2.05) is 13.8 Å². The van der Waals surface area contributed by atoms with Crippen molar-refractivity contribution in [3.63, 3.8) is 0 Å². The highest BCUT2D eigenvalue weighted by molar-refractivity contribution is 7.89. The van der Waals surface area contributed by atoms with E-state index in [4.69, 9.17) is 5.73 Å². The molecular weight excluding hydrogens is 286 g/mol. The summed E-state index contributed by atoms with van der Waals surface area (Å²) in [4.78, 5) is 2.57. The summed E-state index contributed by atoms with van der Waals surface area (Å²) >= 11 is 0. The van der Waals surface area contributed by atoms with Gasteiger partial charge in [-0.1, -0.05) is 0 Å². The quantitative estimate of drug-likeness (QED) is 0.827. The molecule has 1 fully saturated rings. The van der Waals surface area contributed by atoms with Crippen molar-refractivity contribution in [2.45, 2.75) is 31.6 Å². The Morgan fingerprint density at radius 1 is 1.29 bits per heavy atom. The van der Waals surface area contributed by atoms with Gasteiger partial charge in [-0.25, -0.2) is 13.1 Å². The molecule has 0 radical (unpaired) electrons. The van der Waals surface area contributed by atoms with Crippen LogP contribution in [0.1, 0.15) is 24.0 Å². The zero-order chi connectivity index (χ0) is 15.6. The number of rotatable bonds is 4. The molecule has 0 bridgehead atoms. The highest BCUT2D eigenvalue weighted by atomic mass is 32.2. The van der Waals surface area contributed by atoms with Crippen LogP contribution >= 0.6 is 0 Å². The Labute approximate surface area is 127 Å². The van der Waals surface area contributed by atoms with Gasteiger partial charge in [0.25, 0.3) is 0 Å². The van der Waals surface area contributed by atoms with Crippen LogP contribution in [0, 0.1) is 19.8 Å². The summed E-state index contributed by atoms with van der Waals surface area (Å²) in [6.07, 6.45) is 2.07. The Hall–Kier alpha value is -1.11. The number of sulfonamides is 1. The zero-order valence-electron chi connectivity index (χ0n) is 13.0. The average Bonchev–Trinajstić information content (AvgIpc) is 2.42. The molecule has 2 rings (SSSR count). The van der Waals surface area contributed by atoms with E-state index in [1.54, 1.807) is 12.1 Å². The van der Waals surface area contributed by atoms with Crippen LogP contribution in [-0.2, 0) is 10.0 Å². The predicted molar refractivity (Wildman–Crippen MR) is 85.7 cm³/mol. The molecule has 0 aliphatic carbocycles. The fraction of sp³-hybridized carbons (Fsp3) is 0.600. The van der Waals surface area contributed by atoms with Gasteiger partial charge in [0.1, 0.15) is 0 Å². The van der Waals surface area contributed by atoms with E-state index in [0.29, 0.717) is 23.0 Å². The second-order valence-electron chi connectivity index (χ2n) is 6.06. The number of nitrogens with one attached hydrogen (secondary N) is 1. The van der Waals surface area contributed by atoms with Crippen molar-refractivity contribution in [3.05, 3.63) is 23.3 Å². The van der Waals surface area contributed by atoms with Crippen LogP contribution in [0.2, 0.25) is 0 Å². The third-order valence-corrected chi connectivity index (χ3v) is 5.88. The molecule has 1 heterocycles. The highest BCUT2D eigenvalue weighted by Crippen LogP contribution is 2.23. The summed E-state index contributed by atoms with van der Waals surface area (Å²) in [5, 5.41) is 0.